The van der Waals surface area contributed by atoms with Crippen LogP contribution in [0.15, 0.2) is 23.1 Å². The summed E-state index contributed by atoms with van der Waals surface area (Å²) >= 11 is 0. The largest absolute Gasteiger partial charge is 0.487 e. The van der Waals surface area contributed by atoms with Crippen molar-refractivity contribution in [3.63, 3.8) is 0 Å². The third-order valence-electron chi connectivity index (χ3n) is 4.59. The topological polar surface area (TPSA) is 67.4 Å². The maximum Gasteiger partial charge on any atom is 0.240 e. The molecule has 0 spiro atoms. The number of hydrogen-bond donors (Lipinski definition) is 2. The molecular weight excluding hydrogens is 300 g/mol. The first-order valence-corrected chi connectivity index (χ1v) is 9.51. The first-order valence-electron chi connectivity index (χ1n) is 8.02. The molecule has 1 aromatic carbocycles. The van der Waals surface area contributed by atoms with Gasteiger partial charge in [0.2, 0.25) is 10.0 Å². The molecule has 6 heteroatoms. The van der Waals surface area contributed by atoms with Crippen molar-refractivity contribution in [2.45, 2.75) is 56.6 Å². The smallest absolute Gasteiger partial charge is 0.240 e. The zero-order valence-electron chi connectivity index (χ0n) is 13.1. The van der Waals surface area contributed by atoms with Gasteiger partial charge in [0, 0.05) is 6.04 Å². The SMILES string of the molecule is CC1CNc2cc(S(=O)(=O)NC3CCCCC3C)ccc2O1. The van der Waals surface area contributed by atoms with Crippen LogP contribution < -0.4 is 14.8 Å². The van der Waals surface area contributed by atoms with Crippen LogP contribution in [0.4, 0.5) is 5.69 Å². The molecule has 0 radical (unpaired) electrons. The second-order valence-corrected chi connectivity index (χ2v) is 8.17. The van der Waals surface area contributed by atoms with Crippen molar-refractivity contribution >= 4 is 15.7 Å². The molecule has 5 nitrogen and oxygen atoms in total. The Labute approximate surface area is 132 Å². The van der Waals surface area contributed by atoms with Gasteiger partial charge in [-0.2, -0.15) is 0 Å². The van der Waals surface area contributed by atoms with Crippen LogP contribution in [0, 0.1) is 5.92 Å². The van der Waals surface area contributed by atoms with Crippen LogP contribution in [0.3, 0.4) is 0 Å². The molecule has 1 aliphatic carbocycles. The number of hydrogen-bond acceptors (Lipinski definition) is 4. The van der Waals surface area contributed by atoms with Crippen molar-refractivity contribution in [2.24, 2.45) is 5.92 Å². The Bertz CT molecular complexity index is 645. The van der Waals surface area contributed by atoms with E-state index in [1.807, 2.05) is 6.92 Å². The molecule has 1 saturated carbocycles. The Morgan fingerprint density at radius 2 is 2.00 bits per heavy atom. The highest BCUT2D eigenvalue weighted by atomic mass is 32.2. The molecule has 1 fully saturated rings. The van der Waals surface area contributed by atoms with Crippen molar-refractivity contribution in [3.05, 3.63) is 18.2 Å². The number of anilines is 1. The summed E-state index contributed by atoms with van der Waals surface area (Å²) in [6, 6.07) is 5.06. The fourth-order valence-corrected chi connectivity index (χ4v) is 4.59. The highest BCUT2D eigenvalue weighted by Crippen LogP contribution is 2.32. The van der Waals surface area contributed by atoms with Crippen LogP contribution in [0.1, 0.15) is 39.5 Å². The third kappa shape index (κ3) is 3.22. The molecule has 0 aromatic heterocycles. The van der Waals surface area contributed by atoms with Crippen molar-refractivity contribution in [1.82, 2.24) is 4.72 Å². The Hall–Kier alpha value is -1.27. The first-order chi connectivity index (χ1) is 10.5. The molecule has 0 bridgehead atoms. The number of rotatable bonds is 3. The van der Waals surface area contributed by atoms with E-state index in [0.29, 0.717) is 23.1 Å². The van der Waals surface area contributed by atoms with Crippen LogP contribution >= 0.6 is 0 Å². The summed E-state index contributed by atoms with van der Waals surface area (Å²) < 4.78 is 33.8. The summed E-state index contributed by atoms with van der Waals surface area (Å²) in [5.41, 5.74) is 0.748. The number of sulfonamides is 1. The molecular formula is C16H24N2O3S. The standard InChI is InChI=1S/C16H24N2O3S/c1-11-5-3-4-6-14(11)18-22(19,20)13-7-8-16-15(9-13)17-10-12(2)21-16/h7-9,11-12,14,17-18H,3-6,10H2,1-2H3. The van der Waals surface area contributed by atoms with Crippen molar-refractivity contribution < 1.29 is 13.2 Å². The lowest BCUT2D eigenvalue weighted by molar-refractivity contribution is 0.226. The lowest BCUT2D eigenvalue weighted by Gasteiger charge is -2.29. The van der Waals surface area contributed by atoms with Gasteiger partial charge in [-0.15, -0.1) is 0 Å². The van der Waals surface area contributed by atoms with Gasteiger partial charge in [-0.25, -0.2) is 13.1 Å². The van der Waals surface area contributed by atoms with Crippen LogP contribution in [0.5, 0.6) is 5.75 Å². The van der Waals surface area contributed by atoms with E-state index in [1.54, 1.807) is 18.2 Å². The van der Waals surface area contributed by atoms with E-state index in [0.717, 1.165) is 24.9 Å². The molecule has 2 N–H and O–H groups in total. The minimum Gasteiger partial charge on any atom is -0.487 e. The summed E-state index contributed by atoms with van der Waals surface area (Å²) in [6.07, 6.45) is 4.39. The van der Waals surface area contributed by atoms with Gasteiger partial charge in [-0.3, -0.25) is 0 Å². The maximum atomic E-state index is 12.6. The van der Waals surface area contributed by atoms with Gasteiger partial charge in [0.05, 0.1) is 17.1 Å². The highest BCUT2D eigenvalue weighted by Gasteiger charge is 2.27. The second kappa shape index (κ2) is 6.08. The quantitative estimate of drug-likeness (QED) is 0.897. The predicted octanol–water partition coefficient (Wildman–Crippen LogP) is 2.74. The van der Waals surface area contributed by atoms with E-state index < -0.39 is 10.0 Å². The van der Waals surface area contributed by atoms with Gasteiger partial charge >= 0.3 is 0 Å². The Morgan fingerprint density at radius 3 is 2.77 bits per heavy atom. The van der Waals surface area contributed by atoms with Gasteiger partial charge in [0.25, 0.3) is 0 Å². The van der Waals surface area contributed by atoms with E-state index in [-0.39, 0.29) is 12.1 Å². The van der Waals surface area contributed by atoms with Gasteiger partial charge in [0.15, 0.2) is 0 Å². The van der Waals surface area contributed by atoms with Crippen molar-refractivity contribution in [2.75, 3.05) is 11.9 Å². The fourth-order valence-electron chi connectivity index (χ4n) is 3.19. The molecule has 3 rings (SSSR count). The maximum absolute atomic E-state index is 12.6. The van der Waals surface area contributed by atoms with Gasteiger partial charge in [-0.1, -0.05) is 19.8 Å². The fraction of sp³-hybridized carbons (Fsp3) is 0.625. The van der Waals surface area contributed by atoms with E-state index in [2.05, 4.69) is 17.0 Å². The zero-order valence-corrected chi connectivity index (χ0v) is 13.9. The Balaban J connectivity index is 1.80. The molecule has 122 valence electrons. The van der Waals surface area contributed by atoms with Crippen LogP contribution in [0.25, 0.3) is 0 Å². The van der Waals surface area contributed by atoms with E-state index in [1.165, 1.54) is 6.42 Å². The number of benzene rings is 1. The molecule has 3 atom stereocenters. The molecule has 1 heterocycles. The first kappa shape index (κ1) is 15.6. The molecule has 3 unspecified atom stereocenters. The van der Waals surface area contributed by atoms with E-state index in [9.17, 15) is 8.42 Å². The minimum absolute atomic E-state index is 0.0408. The summed E-state index contributed by atoms with van der Waals surface area (Å²) in [4.78, 5) is 0.301. The zero-order chi connectivity index (χ0) is 15.7. The van der Waals surface area contributed by atoms with E-state index in [4.69, 9.17) is 4.74 Å². The Morgan fingerprint density at radius 1 is 1.23 bits per heavy atom. The summed E-state index contributed by atoms with van der Waals surface area (Å²) in [7, 11) is -3.49. The lowest BCUT2D eigenvalue weighted by atomic mass is 9.87. The van der Waals surface area contributed by atoms with Crippen LogP contribution in [-0.2, 0) is 10.0 Å². The van der Waals surface area contributed by atoms with E-state index >= 15 is 0 Å². The number of nitrogens with one attached hydrogen (secondary N) is 2. The molecule has 1 aromatic rings. The third-order valence-corrected chi connectivity index (χ3v) is 6.08. The van der Waals surface area contributed by atoms with Crippen LogP contribution in [0.2, 0.25) is 0 Å². The normalized spacial score (nSPS) is 28.4. The van der Waals surface area contributed by atoms with Crippen LogP contribution in [-0.4, -0.2) is 27.1 Å². The summed E-state index contributed by atoms with van der Waals surface area (Å²) in [5, 5.41) is 3.22. The average molecular weight is 324 g/mol. The summed E-state index contributed by atoms with van der Waals surface area (Å²) in [5.74, 6) is 1.10. The Kier molecular flexibility index (Phi) is 4.32. The minimum atomic E-state index is -3.49. The molecule has 0 saturated heterocycles. The monoisotopic (exact) mass is 324 g/mol. The summed E-state index contributed by atoms with van der Waals surface area (Å²) in [6.45, 7) is 4.78. The molecule has 22 heavy (non-hydrogen) atoms. The number of fused-ring (bicyclic) bond motifs is 1. The van der Waals surface area contributed by atoms with Crippen molar-refractivity contribution in [3.8, 4) is 5.75 Å². The molecule has 2 aliphatic rings. The highest BCUT2D eigenvalue weighted by molar-refractivity contribution is 7.89. The molecule has 1 aliphatic heterocycles. The lowest BCUT2D eigenvalue weighted by Crippen LogP contribution is -2.41. The van der Waals surface area contributed by atoms with Crippen molar-refractivity contribution in [1.29, 1.82) is 0 Å². The van der Waals surface area contributed by atoms with Gasteiger partial charge in [-0.05, 0) is 43.9 Å². The predicted molar refractivity (Wildman–Crippen MR) is 86.8 cm³/mol. The number of ether oxygens (including phenoxy) is 1. The van der Waals surface area contributed by atoms with Gasteiger partial charge < -0.3 is 10.1 Å². The molecule has 0 amide bonds. The average Bonchev–Trinajstić information content (AvgIpc) is 2.49. The second-order valence-electron chi connectivity index (χ2n) is 6.46. The van der Waals surface area contributed by atoms with Gasteiger partial charge in [0.1, 0.15) is 11.9 Å².